The zero-order valence-electron chi connectivity index (χ0n) is 14.5. The highest BCUT2D eigenvalue weighted by Gasteiger charge is 2.31. The van der Waals surface area contributed by atoms with E-state index in [4.69, 9.17) is 9.47 Å². The van der Waals surface area contributed by atoms with Crippen LogP contribution in [0.15, 0.2) is 53.4 Å². The topological polar surface area (TPSA) is 79.6 Å². The number of fused-ring (bicyclic) bond motifs is 1. The molecule has 0 aromatic heterocycles. The monoisotopic (exact) mass is 372 g/mol. The third kappa shape index (κ3) is 3.66. The van der Waals surface area contributed by atoms with Crippen molar-refractivity contribution in [2.24, 2.45) is 0 Å². The molecule has 0 aliphatic carbocycles. The minimum Gasteiger partial charge on any atom is -0.486 e. The minimum absolute atomic E-state index is 0.0214. The summed E-state index contributed by atoms with van der Waals surface area (Å²) in [5, 5.41) is 9.25. The Morgan fingerprint density at radius 1 is 1.15 bits per heavy atom. The number of hydrogen-bond donors (Lipinski definition) is 0. The first-order valence-corrected chi connectivity index (χ1v) is 9.88. The Kier molecular flexibility index (Phi) is 5.45. The van der Waals surface area contributed by atoms with E-state index in [0.29, 0.717) is 24.5 Å². The van der Waals surface area contributed by atoms with Crippen LogP contribution in [0.4, 0.5) is 0 Å². The highest BCUT2D eigenvalue weighted by Crippen LogP contribution is 2.31. The Morgan fingerprint density at radius 2 is 1.85 bits per heavy atom. The van der Waals surface area contributed by atoms with E-state index in [1.807, 2.05) is 31.2 Å². The van der Waals surface area contributed by atoms with Crippen LogP contribution >= 0.6 is 0 Å². The third-order valence-corrected chi connectivity index (χ3v) is 6.00. The molecule has 0 N–H and O–H groups in total. The molecule has 0 spiro atoms. The van der Waals surface area contributed by atoms with Gasteiger partial charge < -0.3 is 9.47 Å². The van der Waals surface area contributed by atoms with Gasteiger partial charge in [0, 0.05) is 6.54 Å². The number of nitrogens with zero attached hydrogens (tertiary/aromatic N) is 2. The van der Waals surface area contributed by atoms with Gasteiger partial charge >= 0.3 is 0 Å². The van der Waals surface area contributed by atoms with Crippen molar-refractivity contribution < 1.29 is 17.9 Å². The van der Waals surface area contributed by atoms with Gasteiger partial charge in [0.15, 0.2) is 11.5 Å². The molecule has 0 bridgehead atoms. The molecule has 1 heterocycles. The fourth-order valence-electron chi connectivity index (χ4n) is 2.86. The smallest absolute Gasteiger partial charge is 0.244 e. The van der Waals surface area contributed by atoms with Crippen LogP contribution in [0.3, 0.4) is 0 Å². The Morgan fingerprint density at radius 3 is 2.58 bits per heavy atom. The lowest BCUT2D eigenvalue weighted by Crippen LogP contribution is -2.44. The summed E-state index contributed by atoms with van der Waals surface area (Å²) in [6, 6.07) is 15.5. The number of nitriles is 1. The fourth-order valence-corrected chi connectivity index (χ4v) is 4.57. The lowest BCUT2D eigenvalue weighted by molar-refractivity contribution is 0.0764. The predicted octanol–water partition coefficient (Wildman–Crippen LogP) is 2.80. The summed E-state index contributed by atoms with van der Waals surface area (Å²) >= 11 is 0. The van der Waals surface area contributed by atoms with E-state index in [2.05, 4.69) is 0 Å². The van der Waals surface area contributed by atoms with Crippen LogP contribution in [0.2, 0.25) is 0 Å². The molecular weight excluding hydrogens is 352 g/mol. The Hall–Kier alpha value is -2.56. The molecule has 2 aromatic carbocycles. The molecule has 26 heavy (non-hydrogen) atoms. The van der Waals surface area contributed by atoms with Crippen LogP contribution in [0.25, 0.3) is 0 Å². The fraction of sp³-hybridized carbons (Fsp3) is 0.316. The van der Waals surface area contributed by atoms with E-state index in [-0.39, 0.29) is 23.6 Å². The lowest BCUT2D eigenvalue weighted by atomic mass is 10.2. The van der Waals surface area contributed by atoms with Crippen molar-refractivity contribution in [3.05, 3.63) is 54.1 Å². The summed E-state index contributed by atoms with van der Waals surface area (Å²) in [5.41, 5.74) is 0.139. The molecule has 6 nitrogen and oxygen atoms in total. The second-order valence-corrected chi connectivity index (χ2v) is 7.87. The molecular formula is C19H20N2O4S. The van der Waals surface area contributed by atoms with Crippen LogP contribution in [-0.2, 0) is 10.0 Å². The van der Waals surface area contributed by atoms with Crippen molar-refractivity contribution >= 4 is 10.0 Å². The van der Waals surface area contributed by atoms with E-state index in [1.165, 1.54) is 16.4 Å². The van der Waals surface area contributed by atoms with Crippen LogP contribution in [0.1, 0.15) is 18.9 Å². The summed E-state index contributed by atoms with van der Waals surface area (Å²) in [4.78, 5) is 0.0214. The van der Waals surface area contributed by atoms with Crippen LogP contribution in [0, 0.1) is 11.3 Å². The summed E-state index contributed by atoms with van der Waals surface area (Å²) in [7, 11) is -3.81. The molecule has 3 rings (SSSR count). The normalized spacial score (nSPS) is 16.3. The minimum atomic E-state index is -3.81. The molecule has 7 heteroatoms. The molecule has 1 aliphatic rings. The molecule has 0 unspecified atom stereocenters. The van der Waals surface area contributed by atoms with Gasteiger partial charge in [-0.3, -0.25) is 0 Å². The van der Waals surface area contributed by atoms with E-state index in [9.17, 15) is 13.7 Å². The summed E-state index contributed by atoms with van der Waals surface area (Å²) in [5.74, 6) is 1.26. The van der Waals surface area contributed by atoms with Crippen molar-refractivity contribution in [1.29, 1.82) is 5.26 Å². The lowest BCUT2D eigenvalue weighted by Gasteiger charge is -2.31. The SMILES string of the molecule is CCCN(C[C@@H]1COc2ccccc2O1)S(=O)(=O)c1ccccc1C#N. The van der Waals surface area contributed by atoms with Gasteiger partial charge in [-0.05, 0) is 30.7 Å². The number of hydrogen-bond acceptors (Lipinski definition) is 5. The second-order valence-electron chi connectivity index (χ2n) is 5.97. The van der Waals surface area contributed by atoms with Crippen LogP contribution < -0.4 is 9.47 Å². The molecule has 1 atom stereocenters. The van der Waals surface area contributed by atoms with Crippen LogP contribution in [-0.4, -0.2) is 38.5 Å². The van der Waals surface area contributed by atoms with Gasteiger partial charge in [0.1, 0.15) is 18.8 Å². The van der Waals surface area contributed by atoms with Crippen molar-refractivity contribution in [3.63, 3.8) is 0 Å². The highest BCUT2D eigenvalue weighted by molar-refractivity contribution is 7.89. The molecule has 0 radical (unpaired) electrons. The van der Waals surface area contributed by atoms with Gasteiger partial charge in [-0.15, -0.1) is 0 Å². The largest absolute Gasteiger partial charge is 0.486 e. The van der Waals surface area contributed by atoms with Gasteiger partial charge in [-0.2, -0.15) is 9.57 Å². The van der Waals surface area contributed by atoms with Crippen molar-refractivity contribution in [1.82, 2.24) is 4.31 Å². The zero-order chi connectivity index (χ0) is 18.6. The summed E-state index contributed by atoms with van der Waals surface area (Å²) in [6.45, 7) is 2.67. The second kappa shape index (κ2) is 7.77. The van der Waals surface area contributed by atoms with Crippen LogP contribution in [0.5, 0.6) is 11.5 Å². The Bertz CT molecular complexity index is 921. The summed E-state index contributed by atoms with van der Waals surface area (Å²) < 4.78 is 39.1. The number of para-hydroxylation sites is 2. The summed E-state index contributed by atoms with van der Waals surface area (Å²) in [6.07, 6.45) is 0.235. The highest BCUT2D eigenvalue weighted by atomic mass is 32.2. The molecule has 0 saturated carbocycles. The van der Waals surface area contributed by atoms with Gasteiger partial charge in [-0.1, -0.05) is 31.2 Å². The molecule has 0 saturated heterocycles. The van der Waals surface area contributed by atoms with Crippen molar-refractivity contribution in [2.45, 2.75) is 24.3 Å². The number of ether oxygens (including phenoxy) is 2. The first-order valence-electron chi connectivity index (χ1n) is 8.44. The maximum Gasteiger partial charge on any atom is 0.244 e. The Balaban J connectivity index is 1.85. The first-order chi connectivity index (χ1) is 12.6. The van der Waals surface area contributed by atoms with Gasteiger partial charge in [0.05, 0.1) is 17.0 Å². The predicted molar refractivity (Wildman–Crippen MR) is 96.6 cm³/mol. The van der Waals surface area contributed by atoms with E-state index in [0.717, 1.165) is 0 Å². The van der Waals surface area contributed by atoms with Gasteiger partial charge in [0.25, 0.3) is 0 Å². The maximum atomic E-state index is 13.1. The van der Waals surface area contributed by atoms with E-state index in [1.54, 1.807) is 18.2 Å². The molecule has 0 fully saturated rings. The number of rotatable bonds is 6. The van der Waals surface area contributed by atoms with Gasteiger partial charge in [0.2, 0.25) is 10.0 Å². The third-order valence-electron chi connectivity index (χ3n) is 4.07. The molecule has 136 valence electrons. The molecule has 2 aromatic rings. The van der Waals surface area contributed by atoms with Crippen molar-refractivity contribution in [3.8, 4) is 17.6 Å². The number of sulfonamides is 1. The average molecular weight is 372 g/mol. The number of benzene rings is 2. The van der Waals surface area contributed by atoms with E-state index >= 15 is 0 Å². The average Bonchev–Trinajstić information content (AvgIpc) is 2.67. The standard InChI is InChI=1S/C19H20N2O4S/c1-2-11-21(26(22,23)19-10-6-3-7-15(19)12-20)13-16-14-24-17-8-4-5-9-18(17)25-16/h3-10,16H,2,11,13-14H2,1H3/t16-/m1/s1. The zero-order valence-corrected chi connectivity index (χ0v) is 15.3. The molecule has 0 amide bonds. The first kappa shape index (κ1) is 18.2. The maximum absolute atomic E-state index is 13.1. The Labute approximate surface area is 153 Å². The quantitative estimate of drug-likeness (QED) is 0.779. The van der Waals surface area contributed by atoms with Crippen molar-refractivity contribution in [2.75, 3.05) is 19.7 Å². The van der Waals surface area contributed by atoms with E-state index < -0.39 is 16.1 Å². The van der Waals surface area contributed by atoms with Gasteiger partial charge in [-0.25, -0.2) is 8.42 Å². The molecule has 1 aliphatic heterocycles.